The van der Waals surface area contributed by atoms with Gasteiger partial charge in [-0.2, -0.15) is 0 Å². The monoisotopic (exact) mass is 352 g/mol. The molecule has 2 saturated heterocycles. The number of piperidine rings is 1. The average Bonchev–Trinajstić information content (AvgIpc) is 2.94. The molecular weight excluding hydrogens is 328 g/mol. The van der Waals surface area contributed by atoms with E-state index in [-0.39, 0.29) is 35.5 Å². The molecule has 3 atom stereocenters. The molecule has 26 heavy (non-hydrogen) atoms. The van der Waals surface area contributed by atoms with Gasteiger partial charge in [0.2, 0.25) is 11.8 Å². The topological polar surface area (TPSA) is 57.7 Å². The Morgan fingerprint density at radius 1 is 1.00 bits per heavy atom. The van der Waals surface area contributed by atoms with Gasteiger partial charge in [-0.15, -0.1) is 0 Å². The summed E-state index contributed by atoms with van der Waals surface area (Å²) in [7, 11) is 0. The van der Waals surface area contributed by atoms with Crippen LogP contribution in [0, 0.1) is 17.8 Å². The first-order valence-electron chi connectivity index (χ1n) is 9.52. The van der Waals surface area contributed by atoms with Crippen LogP contribution in [0.15, 0.2) is 36.4 Å². The number of nitrogens with zero attached hydrogens (tertiary/aromatic N) is 2. The fourth-order valence-electron chi connectivity index (χ4n) is 4.43. The second kappa shape index (κ2) is 6.71. The van der Waals surface area contributed by atoms with Gasteiger partial charge in [0.25, 0.3) is 5.91 Å². The Bertz CT molecular complexity index is 762. The Hall–Kier alpha value is -2.43. The Labute approximate surface area is 153 Å². The molecule has 136 valence electrons. The molecule has 0 N–H and O–H groups in total. The predicted molar refractivity (Wildman–Crippen MR) is 98.6 cm³/mol. The van der Waals surface area contributed by atoms with Crippen molar-refractivity contribution in [1.29, 1.82) is 0 Å². The van der Waals surface area contributed by atoms with Crippen LogP contribution in [0.3, 0.4) is 0 Å². The molecule has 0 unspecified atom stereocenters. The number of hydrogen-bond donors (Lipinski definition) is 0. The Morgan fingerprint density at radius 3 is 2.35 bits per heavy atom. The van der Waals surface area contributed by atoms with Gasteiger partial charge in [-0.25, -0.2) is 0 Å². The SMILES string of the molecule is C[C@@H]1C=CC[C@H]2C(=O)N(c3ccc(C(=O)N4CCCCC4)cc3)C(=O)[C@H]12. The maximum atomic E-state index is 12.8. The zero-order valence-corrected chi connectivity index (χ0v) is 15.1. The second-order valence-corrected chi connectivity index (χ2v) is 7.57. The van der Waals surface area contributed by atoms with Crippen LogP contribution in [0.4, 0.5) is 5.69 Å². The second-order valence-electron chi connectivity index (χ2n) is 7.57. The van der Waals surface area contributed by atoms with Crippen molar-refractivity contribution in [2.75, 3.05) is 18.0 Å². The summed E-state index contributed by atoms with van der Waals surface area (Å²) in [6, 6.07) is 6.91. The quantitative estimate of drug-likeness (QED) is 0.607. The molecule has 5 nitrogen and oxygen atoms in total. The molecule has 0 radical (unpaired) electrons. The zero-order chi connectivity index (χ0) is 18.3. The molecule has 2 heterocycles. The van der Waals surface area contributed by atoms with Gasteiger partial charge in [0, 0.05) is 18.7 Å². The number of benzene rings is 1. The van der Waals surface area contributed by atoms with Crippen molar-refractivity contribution in [3.63, 3.8) is 0 Å². The lowest BCUT2D eigenvalue weighted by Crippen LogP contribution is -2.35. The van der Waals surface area contributed by atoms with Gasteiger partial charge in [0.05, 0.1) is 17.5 Å². The Balaban J connectivity index is 1.54. The molecule has 0 bridgehead atoms. The third kappa shape index (κ3) is 2.75. The zero-order valence-electron chi connectivity index (χ0n) is 15.1. The largest absolute Gasteiger partial charge is 0.339 e. The standard InChI is InChI=1S/C21H24N2O3/c1-14-6-5-7-17-18(14)21(26)23(20(17)25)16-10-8-15(9-11-16)19(24)22-12-3-2-4-13-22/h5-6,8-11,14,17-18H,2-4,7,12-13H2,1H3/t14-,17-,18-/m1/s1. The molecular formula is C21H24N2O3. The normalized spacial score (nSPS) is 28.4. The van der Waals surface area contributed by atoms with Crippen molar-refractivity contribution < 1.29 is 14.4 Å². The molecule has 0 spiro atoms. The lowest BCUT2D eigenvalue weighted by atomic mass is 9.78. The van der Waals surface area contributed by atoms with Gasteiger partial charge in [0.1, 0.15) is 0 Å². The van der Waals surface area contributed by atoms with Gasteiger partial charge < -0.3 is 4.90 Å². The fourth-order valence-corrected chi connectivity index (χ4v) is 4.43. The van der Waals surface area contributed by atoms with Crippen LogP contribution in [0.5, 0.6) is 0 Å². The van der Waals surface area contributed by atoms with Gasteiger partial charge in [-0.3, -0.25) is 19.3 Å². The van der Waals surface area contributed by atoms with E-state index in [1.165, 1.54) is 11.3 Å². The van der Waals surface area contributed by atoms with E-state index in [1.807, 2.05) is 24.0 Å². The van der Waals surface area contributed by atoms with Crippen LogP contribution in [0.25, 0.3) is 0 Å². The summed E-state index contributed by atoms with van der Waals surface area (Å²) in [5.41, 5.74) is 1.18. The summed E-state index contributed by atoms with van der Waals surface area (Å²) in [4.78, 5) is 41.4. The molecule has 1 aromatic carbocycles. The molecule has 5 heteroatoms. The summed E-state index contributed by atoms with van der Waals surface area (Å²) >= 11 is 0. The Morgan fingerprint density at radius 2 is 1.69 bits per heavy atom. The lowest BCUT2D eigenvalue weighted by molar-refractivity contribution is -0.122. The molecule has 1 aromatic rings. The summed E-state index contributed by atoms with van der Waals surface area (Å²) in [6.45, 7) is 3.60. The first-order chi connectivity index (χ1) is 12.6. The third-order valence-electron chi connectivity index (χ3n) is 5.89. The van der Waals surface area contributed by atoms with Crippen molar-refractivity contribution >= 4 is 23.4 Å². The maximum absolute atomic E-state index is 12.8. The molecule has 0 aromatic heterocycles. The van der Waals surface area contributed by atoms with E-state index in [4.69, 9.17) is 0 Å². The fraction of sp³-hybridized carbons (Fsp3) is 0.476. The van der Waals surface area contributed by atoms with Crippen LogP contribution >= 0.6 is 0 Å². The number of imide groups is 1. The van der Waals surface area contributed by atoms with Crippen LogP contribution in [0.1, 0.15) is 43.0 Å². The van der Waals surface area contributed by atoms with Gasteiger partial charge >= 0.3 is 0 Å². The first-order valence-corrected chi connectivity index (χ1v) is 9.52. The molecule has 3 amide bonds. The van der Waals surface area contributed by atoms with Crippen LogP contribution in [-0.4, -0.2) is 35.7 Å². The lowest BCUT2D eigenvalue weighted by Gasteiger charge is -2.27. The third-order valence-corrected chi connectivity index (χ3v) is 5.89. The Kier molecular flexibility index (Phi) is 4.39. The van der Waals surface area contributed by atoms with Crippen molar-refractivity contribution in [1.82, 2.24) is 4.90 Å². The highest BCUT2D eigenvalue weighted by atomic mass is 16.2. The van der Waals surface area contributed by atoms with Gasteiger partial charge in [-0.05, 0) is 55.9 Å². The number of rotatable bonds is 2. The minimum Gasteiger partial charge on any atom is -0.339 e. The van der Waals surface area contributed by atoms with E-state index in [9.17, 15) is 14.4 Å². The first kappa shape index (κ1) is 17.0. The van der Waals surface area contributed by atoms with E-state index >= 15 is 0 Å². The number of fused-ring (bicyclic) bond motifs is 1. The number of carbonyl (C=O) groups excluding carboxylic acids is 3. The van der Waals surface area contributed by atoms with Crippen molar-refractivity contribution in [3.8, 4) is 0 Å². The number of likely N-dealkylation sites (tertiary alicyclic amines) is 1. The number of anilines is 1. The van der Waals surface area contributed by atoms with Crippen molar-refractivity contribution in [3.05, 3.63) is 42.0 Å². The van der Waals surface area contributed by atoms with E-state index < -0.39 is 0 Å². The predicted octanol–water partition coefficient (Wildman–Crippen LogP) is 3.01. The maximum Gasteiger partial charge on any atom is 0.253 e. The van der Waals surface area contributed by atoms with E-state index in [0.29, 0.717) is 17.7 Å². The van der Waals surface area contributed by atoms with Crippen LogP contribution in [-0.2, 0) is 9.59 Å². The highest BCUT2D eigenvalue weighted by molar-refractivity contribution is 6.22. The van der Waals surface area contributed by atoms with Crippen LogP contribution in [0.2, 0.25) is 0 Å². The number of allylic oxidation sites excluding steroid dienone is 2. The minimum atomic E-state index is -0.262. The minimum absolute atomic E-state index is 0.0295. The number of amides is 3. The number of carbonyl (C=O) groups is 3. The highest BCUT2D eigenvalue weighted by Crippen LogP contribution is 2.40. The van der Waals surface area contributed by atoms with Gasteiger partial charge in [0.15, 0.2) is 0 Å². The van der Waals surface area contributed by atoms with Crippen LogP contribution < -0.4 is 4.90 Å². The van der Waals surface area contributed by atoms with E-state index in [0.717, 1.165) is 25.9 Å². The summed E-state index contributed by atoms with van der Waals surface area (Å²) in [5.74, 6) is -0.644. The summed E-state index contributed by atoms with van der Waals surface area (Å²) < 4.78 is 0. The summed E-state index contributed by atoms with van der Waals surface area (Å²) in [5, 5.41) is 0. The van der Waals surface area contributed by atoms with Crippen molar-refractivity contribution in [2.24, 2.45) is 17.8 Å². The molecule has 2 fully saturated rings. The van der Waals surface area contributed by atoms with Crippen molar-refractivity contribution in [2.45, 2.75) is 32.6 Å². The molecule has 2 aliphatic heterocycles. The molecule has 3 aliphatic rings. The smallest absolute Gasteiger partial charge is 0.253 e. The van der Waals surface area contributed by atoms with E-state index in [2.05, 4.69) is 0 Å². The average molecular weight is 352 g/mol. The highest BCUT2D eigenvalue weighted by Gasteiger charge is 2.50. The number of hydrogen-bond acceptors (Lipinski definition) is 3. The van der Waals surface area contributed by atoms with Gasteiger partial charge in [-0.1, -0.05) is 19.1 Å². The molecule has 0 saturated carbocycles. The molecule has 1 aliphatic carbocycles. The summed E-state index contributed by atoms with van der Waals surface area (Å²) in [6.07, 6.45) is 7.93. The van der Waals surface area contributed by atoms with E-state index in [1.54, 1.807) is 24.3 Å². The molecule has 4 rings (SSSR count).